The monoisotopic (exact) mass is 724 g/mol. The van der Waals surface area contributed by atoms with E-state index in [1.165, 1.54) is 60.7 Å². The first-order valence-electron chi connectivity index (χ1n) is 19.6. The van der Waals surface area contributed by atoms with E-state index in [4.69, 9.17) is 9.97 Å². The number of fused-ring (bicyclic) bond motifs is 6. The fourth-order valence-corrected chi connectivity index (χ4v) is 9.36. The summed E-state index contributed by atoms with van der Waals surface area (Å²) < 4.78 is 0. The van der Waals surface area contributed by atoms with E-state index < -0.39 is 5.41 Å². The lowest BCUT2D eigenvalue weighted by atomic mass is 9.66. The van der Waals surface area contributed by atoms with E-state index in [1.54, 1.807) is 0 Å². The first-order chi connectivity index (χ1) is 28.3. The van der Waals surface area contributed by atoms with Gasteiger partial charge in [0, 0.05) is 16.7 Å². The number of aromatic nitrogens is 2. The van der Waals surface area contributed by atoms with E-state index in [0.717, 1.165) is 33.5 Å². The highest BCUT2D eigenvalue weighted by atomic mass is 14.9. The summed E-state index contributed by atoms with van der Waals surface area (Å²) in [7, 11) is 0. The van der Waals surface area contributed by atoms with Crippen LogP contribution in [0.5, 0.6) is 0 Å². The Bertz CT molecular complexity index is 3000. The van der Waals surface area contributed by atoms with Gasteiger partial charge in [-0.3, -0.25) is 0 Å². The molecule has 0 saturated carbocycles. The third-order valence-corrected chi connectivity index (χ3v) is 11.8. The van der Waals surface area contributed by atoms with Gasteiger partial charge < -0.3 is 0 Å². The maximum atomic E-state index is 5.26. The summed E-state index contributed by atoms with van der Waals surface area (Å²) in [6, 6.07) is 78.9. The molecule has 1 aromatic heterocycles. The van der Waals surface area contributed by atoms with E-state index in [2.05, 4.69) is 194 Å². The van der Waals surface area contributed by atoms with Crippen molar-refractivity contribution in [2.45, 2.75) is 5.41 Å². The second-order valence-corrected chi connectivity index (χ2v) is 14.8. The van der Waals surface area contributed by atoms with Crippen molar-refractivity contribution >= 4 is 21.5 Å². The maximum Gasteiger partial charge on any atom is 0.160 e. The fourth-order valence-electron chi connectivity index (χ4n) is 9.36. The zero-order chi connectivity index (χ0) is 37.8. The van der Waals surface area contributed by atoms with Crippen LogP contribution in [0.15, 0.2) is 218 Å². The van der Waals surface area contributed by atoms with Crippen LogP contribution in [0.25, 0.3) is 77.7 Å². The highest BCUT2D eigenvalue weighted by Crippen LogP contribution is 2.60. The maximum absolute atomic E-state index is 5.26. The molecule has 1 heterocycles. The molecule has 1 aliphatic carbocycles. The van der Waals surface area contributed by atoms with Crippen molar-refractivity contribution in [3.8, 4) is 56.2 Å². The second kappa shape index (κ2) is 13.4. The van der Waals surface area contributed by atoms with Gasteiger partial charge in [-0.15, -0.1) is 0 Å². The number of hydrogen-bond donors (Lipinski definition) is 0. The summed E-state index contributed by atoms with van der Waals surface area (Å²) in [6.07, 6.45) is 0. The minimum atomic E-state index is -0.560. The normalized spacial score (nSPS) is 12.7. The smallest absolute Gasteiger partial charge is 0.160 e. The molecule has 0 spiro atoms. The molecule has 0 bridgehead atoms. The van der Waals surface area contributed by atoms with Crippen LogP contribution in [0.1, 0.15) is 22.3 Å². The molecule has 9 aromatic carbocycles. The second-order valence-electron chi connectivity index (χ2n) is 14.8. The largest absolute Gasteiger partial charge is 0.228 e. The molecule has 0 unspecified atom stereocenters. The van der Waals surface area contributed by atoms with Crippen molar-refractivity contribution in [1.29, 1.82) is 0 Å². The van der Waals surface area contributed by atoms with E-state index in [9.17, 15) is 0 Å². The van der Waals surface area contributed by atoms with Crippen LogP contribution in [0.4, 0.5) is 0 Å². The van der Waals surface area contributed by atoms with Crippen LogP contribution in [-0.4, -0.2) is 9.97 Å². The fraction of sp³-hybridized carbons (Fsp3) is 0.0182. The van der Waals surface area contributed by atoms with Crippen LogP contribution in [0.2, 0.25) is 0 Å². The molecule has 266 valence electrons. The van der Waals surface area contributed by atoms with Crippen molar-refractivity contribution in [2.75, 3.05) is 0 Å². The third kappa shape index (κ3) is 5.18. The van der Waals surface area contributed by atoms with Crippen molar-refractivity contribution in [1.82, 2.24) is 9.97 Å². The summed E-state index contributed by atoms with van der Waals surface area (Å²) in [5.41, 5.74) is 14.5. The molecule has 57 heavy (non-hydrogen) atoms. The standard InChI is InChI=1S/C55H36N2/c1-5-19-38(20-6-1)50-36-51(57-54(56-50)39-21-7-2-8-22-39)46-34-33-45(43-28-15-16-29-44(43)46)47-30-17-31-48-52-42-27-14-13-18-37(42)32-35-49(52)55(53(47)48,40-23-9-3-10-24-40)41-25-11-4-12-26-41/h1-36H. The zero-order valence-corrected chi connectivity index (χ0v) is 31.2. The molecule has 0 aliphatic heterocycles. The van der Waals surface area contributed by atoms with Gasteiger partial charge in [0.2, 0.25) is 0 Å². The summed E-state index contributed by atoms with van der Waals surface area (Å²) in [6.45, 7) is 0. The summed E-state index contributed by atoms with van der Waals surface area (Å²) in [4.78, 5) is 10.3. The Labute approximate surface area is 332 Å². The molecule has 10 aromatic rings. The SMILES string of the molecule is c1ccc(-c2cc(-c3ccc(-c4cccc5c4C(c4ccccc4)(c4ccccc4)c4ccc6ccccc6c4-5)c4ccccc34)nc(-c3ccccc3)n2)cc1. The van der Waals surface area contributed by atoms with Gasteiger partial charge in [0.25, 0.3) is 0 Å². The van der Waals surface area contributed by atoms with Crippen molar-refractivity contribution in [3.63, 3.8) is 0 Å². The molecule has 2 heteroatoms. The van der Waals surface area contributed by atoms with Crippen LogP contribution < -0.4 is 0 Å². The Hall–Kier alpha value is -7.42. The van der Waals surface area contributed by atoms with Gasteiger partial charge in [0.05, 0.1) is 16.8 Å². The Morgan fingerprint density at radius 2 is 0.860 bits per heavy atom. The van der Waals surface area contributed by atoms with Crippen LogP contribution >= 0.6 is 0 Å². The molecule has 0 atom stereocenters. The van der Waals surface area contributed by atoms with Crippen LogP contribution in [0, 0.1) is 0 Å². The predicted molar refractivity (Wildman–Crippen MR) is 236 cm³/mol. The topological polar surface area (TPSA) is 25.8 Å². The summed E-state index contributed by atoms with van der Waals surface area (Å²) in [5.74, 6) is 0.710. The van der Waals surface area contributed by atoms with Gasteiger partial charge in [-0.2, -0.15) is 0 Å². The number of benzene rings is 9. The highest BCUT2D eigenvalue weighted by molar-refractivity contribution is 6.10. The van der Waals surface area contributed by atoms with Gasteiger partial charge in [-0.1, -0.05) is 212 Å². The number of rotatable bonds is 6. The average Bonchev–Trinajstić information content (AvgIpc) is 3.61. The molecule has 0 radical (unpaired) electrons. The Balaban J connectivity index is 1.20. The first kappa shape index (κ1) is 33.0. The van der Waals surface area contributed by atoms with Crippen LogP contribution in [-0.2, 0) is 5.41 Å². The Kier molecular flexibility index (Phi) is 7.75. The van der Waals surface area contributed by atoms with Gasteiger partial charge in [0.1, 0.15) is 0 Å². The Morgan fingerprint density at radius 1 is 0.333 bits per heavy atom. The first-order valence-corrected chi connectivity index (χ1v) is 19.6. The molecule has 0 fully saturated rings. The lowest BCUT2D eigenvalue weighted by Crippen LogP contribution is -2.29. The molecule has 11 rings (SSSR count). The quantitative estimate of drug-likeness (QED) is 0.171. The van der Waals surface area contributed by atoms with Crippen molar-refractivity contribution in [2.24, 2.45) is 0 Å². The van der Waals surface area contributed by atoms with E-state index in [1.807, 2.05) is 24.3 Å². The third-order valence-electron chi connectivity index (χ3n) is 11.8. The van der Waals surface area contributed by atoms with Crippen LogP contribution in [0.3, 0.4) is 0 Å². The molecule has 0 amide bonds. The minimum absolute atomic E-state index is 0.560. The van der Waals surface area contributed by atoms with E-state index >= 15 is 0 Å². The molecular formula is C55H36N2. The van der Waals surface area contributed by atoms with Gasteiger partial charge in [-0.25, -0.2) is 9.97 Å². The molecule has 2 nitrogen and oxygen atoms in total. The lowest BCUT2D eigenvalue weighted by molar-refractivity contribution is 0.771. The average molecular weight is 725 g/mol. The van der Waals surface area contributed by atoms with Gasteiger partial charge in [0.15, 0.2) is 5.82 Å². The molecule has 0 saturated heterocycles. The molecular weight excluding hydrogens is 689 g/mol. The van der Waals surface area contributed by atoms with Crippen molar-refractivity contribution < 1.29 is 0 Å². The molecule has 0 N–H and O–H groups in total. The number of hydrogen-bond acceptors (Lipinski definition) is 2. The van der Waals surface area contributed by atoms with Gasteiger partial charge in [-0.05, 0) is 72.1 Å². The van der Waals surface area contributed by atoms with Gasteiger partial charge >= 0.3 is 0 Å². The number of nitrogens with zero attached hydrogens (tertiary/aromatic N) is 2. The Morgan fingerprint density at radius 3 is 1.54 bits per heavy atom. The van der Waals surface area contributed by atoms with E-state index in [0.29, 0.717) is 5.82 Å². The predicted octanol–water partition coefficient (Wildman–Crippen LogP) is 13.8. The zero-order valence-electron chi connectivity index (χ0n) is 31.2. The van der Waals surface area contributed by atoms with Crippen molar-refractivity contribution in [3.05, 3.63) is 241 Å². The highest BCUT2D eigenvalue weighted by Gasteiger charge is 2.48. The minimum Gasteiger partial charge on any atom is -0.228 e. The molecule has 1 aliphatic rings. The lowest BCUT2D eigenvalue weighted by Gasteiger charge is -2.35. The summed E-state index contributed by atoms with van der Waals surface area (Å²) in [5, 5.41) is 4.85. The van der Waals surface area contributed by atoms with E-state index in [-0.39, 0.29) is 0 Å². The summed E-state index contributed by atoms with van der Waals surface area (Å²) >= 11 is 0.